The highest BCUT2D eigenvalue weighted by Crippen LogP contribution is 2.33. The lowest BCUT2D eigenvalue weighted by molar-refractivity contribution is 0.627. The Kier molecular flexibility index (Phi) is 3.51. The highest BCUT2D eigenvalue weighted by molar-refractivity contribution is 9.10. The van der Waals surface area contributed by atoms with Crippen LogP contribution in [0, 0.1) is 5.82 Å². The summed E-state index contributed by atoms with van der Waals surface area (Å²) in [5.74, 6) is -0.309. The number of rotatable bonds is 2. The summed E-state index contributed by atoms with van der Waals surface area (Å²) in [5.41, 5.74) is 6.20. The van der Waals surface area contributed by atoms with E-state index >= 15 is 0 Å². The van der Waals surface area contributed by atoms with Gasteiger partial charge in [0, 0.05) is 20.0 Å². The molecule has 2 aromatic carbocycles. The molecule has 0 saturated carbocycles. The molecule has 0 fully saturated rings. The van der Waals surface area contributed by atoms with E-state index < -0.39 is 0 Å². The summed E-state index contributed by atoms with van der Waals surface area (Å²) in [5, 5.41) is 0. The summed E-state index contributed by atoms with van der Waals surface area (Å²) in [4.78, 5) is 1.92. The molecule has 0 radical (unpaired) electrons. The molecule has 0 aliphatic heterocycles. The first-order chi connectivity index (χ1) is 7.65. The van der Waals surface area contributed by atoms with E-state index in [1.165, 1.54) is 23.9 Å². The molecule has 0 unspecified atom stereocenters. The van der Waals surface area contributed by atoms with Crippen molar-refractivity contribution in [1.29, 1.82) is 0 Å². The Morgan fingerprint density at radius 2 is 1.94 bits per heavy atom. The fourth-order valence-corrected chi connectivity index (χ4v) is 2.72. The largest absolute Gasteiger partial charge is 0.398 e. The van der Waals surface area contributed by atoms with Gasteiger partial charge in [-0.15, -0.1) is 0 Å². The molecule has 2 aromatic rings. The Bertz CT molecular complexity index is 516. The quantitative estimate of drug-likeness (QED) is 0.836. The molecule has 0 aromatic heterocycles. The van der Waals surface area contributed by atoms with Crippen LogP contribution >= 0.6 is 27.7 Å². The fourth-order valence-electron chi connectivity index (χ4n) is 1.27. The third kappa shape index (κ3) is 2.77. The molecule has 0 saturated heterocycles. The van der Waals surface area contributed by atoms with Gasteiger partial charge in [0.1, 0.15) is 5.82 Å². The Morgan fingerprint density at radius 3 is 2.62 bits per heavy atom. The van der Waals surface area contributed by atoms with Crippen LogP contribution in [0.25, 0.3) is 0 Å². The van der Waals surface area contributed by atoms with Gasteiger partial charge in [0.2, 0.25) is 0 Å². The van der Waals surface area contributed by atoms with Crippen molar-refractivity contribution in [1.82, 2.24) is 0 Å². The number of halogens is 2. The number of nitrogens with two attached hydrogens (primary N) is 1. The molecule has 0 aliphatic carbocycles. The predicted octanol–water partition coefficient (Wildman–Crippen LogP) is 4.32. The first-order valence-corrected chi connectivity index (χ1v) is 6.24. The summed E-state index contributed by atoms with van der Waals surface area (Å²) in [6.07, 6.45) is 0. The first-order valence-electron chi connectivity index (χ1n) is 4.63. The van der Waals surface area contributed by atoms with Gasteiger partial charge in [0.15, 0.2) is 0 Å². The van der Waals surface area contributed by atoms with E-state index in [4.69, 9.17) is 5.73 Å². The maximum Gasteiger partial charge on any atom is 0.125 e. The van der Waals surface area contributed by atoms with Gasteiger partial charge in [-0.1, -0.05) is 33.8 Å². The van der Waals surface area contributed by atoms with E-state index in [-0.39, 0.29) is 5.82 Å². The van der Waals surface area contributed by atoms with Gasteiger partial charge in [-0.2, -0.15) is 0 Å². The average molecular weight is 298 g/mol. The molecule has 82 valence electrons. The third-order valence-corrected chi connectivity index (χ3v) is 3.57. The second-order valence-corrected chi connectivity index (χ2v) is 5.27. The average Bonchev–Trinajstić information content (AvgIpc) is 2.22. The van der Waals surface area contributed by atoms with E-state index in [2.05, 4.69) is 15.9 Å². The summed E-state index contributed by atoms with van der Waals surface area (Å²) in [6.45, 7) is 0. The molecule has 0 atom stereocenters. The summed E-state index contributed by atoms with van der Waals surface area (Å²) in [7, 11) is 0. The van der Waals surface area contributed by atoms with Crippen molar-refractivity contribution >= 4 is 33.4 Å². The number of nitrogen functional groups attached to an aromatic ring is 1. The van der Waals surface area contributed by atoms with Crippen LogP contribution in [0.1, 0.15) is 0 Å². The zero-order valence-electron chi connectivity index (χ0n) is 8.28. The normalized spacial score (nSPS) is 10.4. The second kappa shape index (κ2) is 4.89. The van der Waals surface area contributed by atoms with E-state index in [9.17, 15) is 4.39 Å². The third-order valence-electron chi connectivity index (χ3n) is 2.00. The van der Waals surface area contributed by atoms with Gasteiger partial charge in [-0.05, 0) is 36.4 Å². The smallest absolute Gasteiger partial charge is 0.125 e. The minimum atomic E-state index is -0.309. The number of hydrogen-bond acceptors (Lipinski definition) is 2. The van der Waals surface area contributed by atoms with Crippen LogP contribution in [-0.2, 0) is 0 Å². The van der Waals surface area contributed by atoms with E-state index in [1.54, 1.807) is 6.07 Å². The van der Waals surface area contributed by atoms with Crippen molar-refractivity contribution in [3.63, 3.8) is 0 Å². The molecule has 0 amide bonds. The Balaban J connectivity index is 2.27. The van der Waals surface area contributed by atoms with Crippen molar-refractivity contribution in [2.45, 2.75) is 9.79 Å². The SMILES string of the molecule is Nc1cc(F)ccc1Sc1cccc(Br)c1. The zero-order chi connectivity index (χ0) is 11.5. The first kappa shape index (κ1) is 11.5. The van der Waals surface area contributed by atoms with Crippen molar-refractivity contribution in [3.05, 3.63) is 52.8 Å². The van der Waals surface area contributed by atoms with E-state index in [1.807, 2.05) is 24.3 Å². The Morgan fingerprint density at radius 1 is 1.12 bits per heavy atom. The van der Waals surface area contributed by atoms with Gasteiger partial charge in [-0.3, -0.25) is 0 Å². The predicted molar refractivity (Wildman–Crippen MR) is 69.1 cm³/mol. The van der Waals surface area contributed by atoms with Crippen molar-refractivity contribution < 1.29 is 4.39 Å². The molecule has 0 heterocycles. The fraction of sp³-hybridized carbons (Fsp3) is 0. The van der Waals surface area contributed by atoms with Gasteiger partial charge in [0.25, 0.3) is 0 Å². The molecule has 0 spiro atoms. The summed E-state index contributed by atoms with van der Waals surface area (Å²) < 4.78 is 13.9. The van der Waals surface area contributed by atoms with Crippen LogP contribution in [-0.4, -0.2) is 0 Å². The van der Waals surface area contributed by atoms with E-state index in [0.29, 0.717) is 5.69 Å². The molecule has 0 bridgehead atoms. The van der Waals surface area contributed by atoms with Crippen LogP contribution in [0.3, 0.4) is 0 Å². The standard InChI is InChI=1S/C12H9BrFNS/c13-8-2-1-3-10(6-8)16-12-5-4-9(14)7-11(12)15/h1-7H,15H2. The topological polar surface area (TPSA) is 26.0 Å². The van der Waals surface area contributed by atoms with Gasteiger partial charge in [0.05, 0.1) is 0 Å². The minimum Gasteiger partial charge on any atom is -0.398 e. The molecule has 4 heteroatoms. The molecular weight excluding hydrogens is 289 g/mol. The summed E-state index contributed by atoms with van der Waals surface area (Å²) >= 11 is 4.92. The summed E-state index contributed by atoms with van der Waals surface area (Å²) in [6, 6.07) is 12.3. The lowest BCUT2D eigenvalue weighted by Gasteiger charge is -2.05. The van der Waals surface area contributed by atoms with Crippen molar-refractivity contribution in [3.8, 4) is 0 Å². The molecule has 16 heavy (non-hydrogen) atoms. The van der Waals surface area contributed by atoms with Crippen molar-refractivity contribution in [2.24, 2.45) is 0 Å². The molecule has 2 N–H and O–H groups in total. The highest BCUT2D eigenvalue weighted by atomic mass is 79.9. The van der Waals surface area contributed by atoms with Crippen LogP contribution in [0.15, 0.2) is 56.7 Å². The minimum absolute atomic E-state index is 0.309. The van der Waals surface area contributed by atoms with Crippen LogP contribution in [0.4, 0.5) is 10.1 Å². The van der Waals surface area contributed by atoms with Crippen molar-refractivity contribution in [2.75, 3.05) is 5.73 Å². The van der Waals surface area contributed by atoms with Gasteiger partial charge in [-0.25, -0.2) is 4.39 Å². The molecule has 1 nitrogen and oxygen atoms in total. The number of benzene rings is 2. The van der Waals surface area contributed by atoms with E-state index in [0.717, 1.165) is 14.3 Å². The Hall–Kier alpha value is -1.00. The molecule has 2 rings (SSSR count). The number of hydrogen-bond donors (Lipinski definition) is 1. The molecule has 0 aliphatic rings. The number of anilines is 1. The monoisotopic (exact) mass is 297 g/mol. The van der Waals surface area contributed by atoms with Crippen LogP contribution < -0.4 is 5.73 Å². The maximum atomic E-state index is 12.9. The van der Waals surface area contributed by atoms with Gasteiger partial charge < -0.3 is 5.73 Å². The maximum absolute atomic E-state index is 12.9. The lowest BCUT2D eigenvalue weighted by Crippen LogP contribution is -1.89. The zero-order valence-corrected chi connectivity index (χ0v) is 10.7. The highest BCUT2D eigenvalue weighted by Gasteiger charge is 2.03. The van der Waals surface area contributed by atoms with Gasteiger partial charge >= 0.3 is 0 Å². The Labute approximate surface area is 106 Å². The second-order valence-electron chi connectivity index (χ2n) is 3.24. The van der Waals surface area contributed by atoms with Crippen LogP contribution in [0.5, 0.6) is 0 Å². The lowest BCUT2D eigenvalue weighted by atomic mass is 10.3. The molecular formula is C12H9BrFNS. The van der Waals surface area contributed by atoms with Crippen LogP contribution in [0.2, 0.25) is 0 Å².